The molecule has 6 heteroatoms. The first-order valence-electron chi connectivity index (χ1n) is 6.23. The largest absolute Gasteiger partial charge is 0.382 e. The fourth-order valence-corrected chi connectivity index (χ4v) is 1.95. The predicted molar refractivity (Wildman–Crippen MR) is 75.9 cm³/mol. The second-order valence-corrected chi connectivity index (χ2v) is 4.55. The molecule has 0 saturated carbocycles. The van der Waals surface area contributed by atoms with E-state index in [2.05, 4.69) is 15.4 Å². The summed E-state index contributed by atoms with van der Waals surface area (Å²) in [5.74, 6) is 0.978. The molecule has 5 nitrogen and oxygen atoms in total. The van der Waals surface area contributed by atoms with Gasteiger partial charge in [0.1, 0.15) is 17.5 Å². The Morgan fingerprint density at radius 2 is 1.95 bits per heavy atom. The van der Waals surface area contributed by atoms with Crippen molar-refractivity contribution >= 4 is 17.3 Å². The van der Waals surface area contributed by atoms with Crippen LogP contribution in [0.2, 0.25) is 0 Å². The third-order valence-corrected chi connectivity index (χ3v) is 3.08. The van der Waals surface area contributed by atoms with Crippen LogP contribution in [0.5, 0.6) is 0 Å². The summed E-state index contributed by atoms with van der Waals surface area (Å²) in [6.45, 7) is 2.40. The molecule has 0 fully saturated rings. The minimum absolute atomic E-state index is 0.241. The van der Waals surface area contributed by atoms with Crippen LogP contribution in [0.1, 0.15) is 11.3 Å². The minimum atomic E-state index is -0.241. The van der Waals surface area contributed by atoms with E-state index in [1.807, 2.05) is 19.1 Å². The lowest BCUT2D eigenvalue weighted by molar-refractivity contribution is 0.627. The number of hydrogen-bond donors (Lipinski definition) is 2. The van der Waals surface area contributed by atoms with Crippen LogP contribution < -0.4 is 11.1 Å². The molecule has 0 spiro atoms. The van der Waals surface area contributed by atoms with E-state index in [9.17, 15) is 4.39 Å². The molecule has 2 heterocycles. The summed E-state index contributed by atoms with van der Waals surface area (Å²) < 4.78 is 14.4. The van der Waals surface area contributed by atoms with E-state index in [4.69, 9.17) is 5.73 Å². The number of nitrogens with zero attached hydrogens (tertiary/aromatic N) is 3. The van der Waals surface area contributed by atoms with E-state index < -0.39 is 0 Å². The second-order valence-electron chi connectivity index (χ2n) is 4.55. The maximum Gasteiger partial charge on any atom is 0.156 e. The van der Waals surface area contributed by atoms with Crippen molar-refractivity contribution in [2.45, 2.75) is 13.5 Å². The van der Waals surface area contributed by atoms with Crippen LogP contribution in [-0.4, -0.2) is 14.6 Å². The number of benzene rings is 1. The summed E-state index contributed by atoms with van der Waals surface area (Å²) in [6, 6.07) is 10.0. The molecule has 0 unspecified atom stereocenters. The van der Waals surface area contributed by atoms with E-state index in [0.29, 0.717) is 23.8 Å². The Morgan fingerprint density at radius 1 is 1.20 bits per heavy atom. The summed E-state index contributed by atoms with van der Waals surface area (Å²) in [5, 5.41) is 7.54. The van der Waals surface area contributed by atoms with Gasteiger partial charge in [-0.2, -0.15) is 4.52 Å². The zero-order valence-corrected chi connectivity index (χ0v) is 11.0. The van der Waals surface area contributed by atoms with Gasteiger partial charge in [0.2, 0.25) is 0 Å². The molecule has 2 aromatic heterocycles. The molecular formula is C14H14FN5. The average Bonchev–Trinajstić information content (AvgIpc) is 2.74. The van der Waals surface area contributed by atoms with Gasteiger partial charge in [-0.05, 0) is 36.8 Å². The number of fused-ring (bicyclic) bond motifs is 1. The lowest BCUT2D eigenvalue weighted by Crippen LogP contribution is -2.05. The minimum Gasteiger partial charge on any atom is -0.382 e. The summed E-state index contributed by atoms with van der Waals surface area (Å²) in [6.07, 6.45) is 0. The van der Waals surface area contributed by atoms with Crippen molar-refractivity contribution in [2.75, 3.05) is 11.1 Å². The fourth-order valence-electron chi connectivity index (χ4n) is 1.95. The number of nitrogens with two attached hydrogens (primary N) is 1. The standard InChI is InChI=1S/C14H14FN5/c1-9-14(16)20-13(18-9)7-6-12(19-20)17-8-10-2-4-11(15)5-3-10/h2-7H,8,16H2,1H3,(H,17,19). The Balaban J connectivity index is 1.80. The highest BCUT2D eigenvalue weighted by atomic mass is 19.1. The number of nitrogen functional groups attached to an aromatic ring is 1. The topological polar surface area (TPSA) is 68.2 Å². The number of nitrogens with one attached hydrogen (secondary N) is 1. The van der Waals surface area contributed by atoms with Gasteiger partial charge < -0.3 is 11.1 Å². The van der Waals surface area contributed by atoms with Crippen LogP contribution in [0, 0.1) is 12.7 Å². The molecule has 0 bridgehead atoms. The first kappa shape index (κ1) is 12.4. The molecule has 0 amide bonds. The van der Waals surface area contributed by atoms with E-state index >= 15 is 0 Å². The second kappa shape index (κ2) is 4.80. The number of anilines is 2. The Hall–Kier alpha value is -2.63. The monoisotopic (exact) mass is 271 g/mol. The maximum atomic E-state index is 12.8. The smallest absolute Gasteiger partial charge is 0.156 e. The van der Waals surface area contributed by atoms with Crippen LogP contribution in [0.3, 0.4) is 0 Å². The zero-order chi connectivity index (χ0) is 14.1. The molecule has 0 radical (unpaired) electrons. The van der Waals surface area contributed by atoms with Crippen molar-refractivity contribution < 1.29 is 4.39 Å². The lowest BCUT2D eigenvalue weighted by atomic mass is 10.2. The fraction of sp³-hybridized carbons (Fsp3) is 0.143. The van der Waals surface area contributed by atoms with Gasteiger partial charge in [-0.25, -0.2) is 9.37 Å². The Kier molecular flexibility index (Phi) is 2.98. The van der Waals surface area contributed by atoms with Crippen molar-refractivity contribution in [2.24, 2.45) is 0 Å². The van der Waals surface area contributed by atoms with Crippen molar-refractivity contribution in [1.82, 2.24) is 14.6 Å². The van der Waals surface area contributed by atoms with Gasteiger partial charge in [0.05, 0.1) is 5.69 Å². The number of hydrogen-bond acceptors (Lipinski definition) is 4. The SMILES string of the molecule is Cc1nc2ccc(NCc3ccc(F)cc3)nn2c1N. The number of aryl methyl sites for hydroxylation is 1. The van der Waals surface area contributed by atoms with E-state index in [0.717, 1.165) is 11.3 Å². The van der Waals surface area contributed by atoms with Crippen LogP contribution in [-0.2, 0) is 6.54 Å². The number of aromatic nitrogens is 3. The molecule has 3 rings (SSSR count). The number of halogens is 1. The van der Waals surface area contributed by atoms with Crippen molar-refractivity contribution in [3.63, 3.8) is 0 Å². The third kappa shape index (κ3) is 2.27. The highest BCUT2D eigenvalue weighted by Gasteiger charge is 2.06. The van der Waals surface area contributed by atoms with Gasteiger partial charge in [0.15, 0.2) is 5.65 Å². The molecule has 1 aromatic carbocycles. The molecule has 20 heavy (non-hydrogen) atoms. The molecular weight excluding hydrogens is 257 g/mol. The van der Waals surface area contributed by atoms with E-state index in [-0.39, 0.29) is 5.82 Å². The summed E-state index contributed by atoms with van der Waals surface area (Å²) in [4.78, 5) is 4.29. The van der Waals surface area contributed by atoms with E-state index in [1.165, 1.54) is 12.1 Å². The van der Waals surface area contributed by atoms with Crippen LogP contribution >= 0.6 is 0 Å². The van der Waals surface area contributed by atoms with Crippen molar-refractivity contribution in [3.8, 4) is 0 Å². The first-order chi connectivity index (χ1) is 9.63. The van der Waals surface area contributed by atoms with Crippen LogP contribution in [0.15, 0.2) is 36.4 Å². The summed E-state index contributed by atoms with van der Waals surface area (Å²) >= 11 is 0. The van der Waals surface area contributed by atoms with E-state index in [1.54, 1.807) is 16.6 Å². The normalized spacial score (nSPS) is 10.9. The average molecular weight is 271 g/mol. The van der Waals surface area contributed by atoms with Gasteiger partial charge in [-0.15, -0.1) is 5.10 Å². The maximum absolute atomic E-state index is 12.8. The Bertz CT molecular complexity index is 748. The van der Waals surface area contributed by atoms with Gasteiger partial charge in [0.25, 0.3) is 0 Å². The number of rotatable bonds is 3. The lowest BCUT2D eigenvalue weighted by Gasteiger charge is -2.06. The number of imidazole rings is 1. The third-order valence-electron chi connectivity index (χ3n) is 3.08. The predicted octanol–water partition coefficient (Wildman–Crippen LogP) is 2.37. The molecule has 0 aliphatic heterocycles. The molecule has 0 saturated heterocycles. The molecule has 3 aromatic rings. The molecule has 0 aliphatic carbocycles. The van der Waals surface area contributed by atoms with Crippen LogP contribution in [0.4, 0.5) is 16.0 Å². The molecule has 102 valence electrons. The molecule has 0 aliphatic rings. The van der Waals surface area contributed by atoms with Gasteiger partial charge in [0, 0.05) is 6.54 Å². The molecule has 0 atom stereocenters. The zero-order valence-electron chi connectivity index (χ0n) is 11.0. The highest BCUT2D eigenvalue weighted by molar-refractivity contribution is 5.53. The summed E-state index contributed by atoms with van der Waals surface area (Å²) in [7, 11) is 0. The quantitative estimate of drug-likeness (QED) is 0.767. The van der Waals surface area contributed by atoms with Crippen molar-refractivity contribution in [3.05, 3.63) is 53.5 Å². The molecule has 3 N–H and O–H groups in total. The summed E-state index contributed by atoms with van der Waals surface area (Å²) in [5.41, 5.74) is 8.35. The van der Waals surface area contributed by atoms with Crippen LogP contribution in [0.25, 0.3) is 5.65 Å². The van der Waals surface area contributed by atoms with Gasteiger partial charge in [-0.3, -0.25) is 0 Å². The Morgan fingerprint density at radius 3 is 2.70 bits per heavy atom. The highest BCUT2D eigenvalue weighted by Crippen LogP contribution is 2.15. The van der Waals surface area contributed by atoms with Gasteiger partial charge in [-0.1, -0.05) is 12.1 Å². The van der Waals surface area contributed by atoms with Crippen molar-refractivity contribution in [1.29, 1.82) is 0 Å². The van der Waals surface area contributed by atoms with Gasteiger partial charge >= 0.3 is 0 Å². The Labute approximate surface area is 115 Å². The first-order valence-corrected chi connectivity index (χ1v) is 6.23.